The van der Waals surface area contributed by atoms with Gasteiger partial charge in [-0.3, -0.25) is 14.4 Å². The van der Waals surface area contributed by atoms with Gasteiger partial charge in [0.1, 0.15) is 0 Å². The van der Waals surface area contributed by atoms with Crippen molar-refractivity contribution >= 4 is 15.9 Å². The lowest BCUT2D eigenvalue weighted by Gasteiger charge is -2.29. The highest BCUT2D eigenvalue weighted by Gasteiger charge is 2.28. The summed E-state index contributed by atoms with van der Waals surface area (Å²) in [5.74, 6) is -0.790. The van der Waals surface area contributed by atoms with E-state index in [1.54, 1.807) is 0 Å². The van der Waals surface area contributed by atoms with Gasteiger partial charge in [0.2, 0.25) is 15.9 Å². The molecule has 0 aromatic rings. The van der Waals surface area contributed by atoms with E-state index in [-0.39, 0.29) is 6.54 Å². The van der Waals surface area contributed by atoms with Crippen molar-refractivity contribution in [2.75, 3.05) is 25.4 Å². The number of sulfonamides is 1. The van der Waals surface area contributed by atoms with Gasteiger partial charge in [0.05, 0.1) is 12.3 Å². The molecule has 0 bridgehead atoms. The number of piperidine rings is 1. The Balaban J connectivity index is 2.32. The zero-order chi connectivity index (χ0) is 16.1. The van der Waals surface area contributed by atoms with Crippen LogP contribution in [0, 0.1) is 5.92 Å². The molecule has 5 nitrogen and oxygen atoms in total. The van der Waals surface area contributed by atoms with E-state index in [1.165, 1.54) is 0 Å². The van der Waals surface area contributed by atoms with Gasteiger partial charge in [0, 0.05) is 6.42 Å². The Hall–Kier alpha value is -0.830. The van der Waals surface area contributed by atoms with Crippen LogP contribution in [0.25, 0.3) is 0 Å². The number of nitrogens with one attached hydrogen (secondary N) is 1. The molecule has 21 heavy (non-hydrogen) atoms. The number of hydrogen-bond donors (Lipinski definition) is 1. The van der Waals surface area contributed by atoms with Gasteiger partial charge in [-0.1, -0.05) is 6.92 Å². The average molecular weight is 330 g/mol. The number of carbonyl (C=O) groups is 1. The lowest BCUT2D eigenvalue weighted by atomic mass is 9.99. The van der Waals surface area contributed by atoms with E-state index in [9.17, 15) is 26.4 Å². The predicted molar refractivity (Wildman–Crippen MR) is 72.1 cm³/mol. The van der Waals surface area contributed by atoms with Gasteiger partial charge in [-0.2, -0.15) is 13.2 Å². The van der Waals surface area contributed by atoms with Crippen LogP contribution in [0.1, 0.15) is 32.6 Å². The summed E-state index contributed by atoms with van der Waals surface area (Å²) < 4.78 is 60.7. The van der Waals surface area contributed by atoms with Gasteiger partial charge >= 0.3 is 6.18 Å². The second kappa shape index (κ2) is 7.44. The first kappa shape index (κ1) is 18.2. The number of rotatable bonds is 6. The van der Waals surface area contributed by atoms with Crippen molar-refractivity contribution < 1.29 is 26.4 Å². The molecule has 9 heteroatoms. The fourth-order valence-corrected chi connectivity index (χ4v) is 3.18. The monoisotopic (exact) mass is 330 g/mol. The number of carbonyl (C=O) groups excluding carboxylic acids is 1. The van der Waals surface area contributed by atoms with E-state index < -0.39 is 40.7 Å². The summed E-state index contributed by atoms with van der Waals surface area (Å²) >= 11 is 0. The fraction of sp³-hybridized carbons (Fsp3) is 0.917. The van der Waals surface area contributed by atoms with Crippen molar-refractivity contribution in [3.8, 4) is 0 Å². The van der Waals surface area contributed by atoms with Gasteiger partial charge in [0.25, 0.3) is 0 Å². The molecule has 0 atom stereocenters. The first-order chi connectivity index (χ1) is 9.57. The molecule has 1 saturated heterocycles. The van der Waals surface area contributed by atoms with Crippen molar-refractivity contribution in [2.45, 2.75) is 38.8 Å². The maximum Gasteiger partial charge on any atom is 0.389 e. The molecule has 1 amide bonds. The van der Waals surface area contributed by atoms with Crippen molar-refractivity contribution in [2.24, 2.45) is 5.92 Å². The third-order valence-electron chi connectivity index (χ3n) is 3.39. The second-order valence-corrected chi connectivity index (χ2v) is 7.36. The Morgan fingerprint density at radius 3 is 2.38 bits per heavy atom. The zero-order valence-electron chi connectivity index (χ0n) is 11.9. The van der Waals surface area contributed by atoms with E-state index in [0.29, 0.717) is 5.92 Å². The Kier molecular flexibility index (Phi) is 6.45. The SMILES string of the molecule is CC1CCN(CC(=O)NS(=O)(=O)CCCC(F)(F)F)CC1. The molecule has 0 aromatic heterocycles. The maximum atomic E-state index is 11.9. The minimum atomic E-state index is -4.38. The highest BCUT2D eigenvalue weighted by atomic mass is 32.2. The topological polar surface area (TPSA) is 66.5 Å². The standard InChI is InChI=1S/C12H21F3N2O3S/c1-10-3-6-17(7-4-10)9-11(18)16-21(19,20)8-2-5-12(13,14)15/h10H,2-9H2,1H3,(H,16,18). The Labute approximate surface area is 122 Å². The fourth-order valence-electron chi connectivity index (χ4n) is 2.14. The summed E-state index contributed by atoms with van der Waals surface area (Å²) in [5, 5.41) is 0. The summed E-state index contributed by atoms with van der Waals surface area (Å²) in [6.45, 7) is 3.53. The Bertz CT molecular complexity index is 443. The summed E-state index contributed by atoms with van der Waals surface area (Å²) in [6.07, 6.45) is -4.21. The van der Waals surface area contributed by atoms with Crippen LogP contribution in [0.2, 0.25) is 0 Å². The second-order valence-electron chi connectivity index (χ2n) is 5.52. The van der Waals surface area contributed by atoms with Crippen LogP contribution in [-0.4, -0.2) is 50.8 Å². The van der Waals surface area contributed by atoms with Crippen LogP contribution in [-0.2, 0) is 14.8 Å². The predicted octanol–water partition coefficient (Wildman–Crippen LogP) is 1.51. The number of hydrogen-bond acceptors (Lipinski definition) is 4. The normalized spacial score (nSPS) is 18.7. The summed E-state index contributed by atoms with van der Waals surface area (Å²) in [7, 11) is -3.99. The molecular weight excluding hydrogens is 309 g/mol. The van der Waals surface area contributed by atoms with Crippen molar-refractivity contribution in [3.05, 3.63) is 0 Å². The van der Waals surface area contributed by atoms with E-state index in [4.69, 9.17) is 0 Å². The van der Waals surface area contributed by atoms with E-state index in [0.717, 1.165) is 25.9 Å². The molecular formula is C12H21F3N2O3S. The van der Waals surface area contributed by atoms with Crippen LogP contribution in [0.3, 0.4) is 0 Å². The average Bonchev–Trinajstić information content (AvgIpc) is 2.29. The number of halogens is 3. The smallest absolute Gasteiger partial charge is 0.294 e. The summed E-state index contributed by atoms with van der Waals surface area (Å²) in [4.78, 5) is 13.5. The molecule has 1 rings (SSSR count). The van der Waals surface area contributed by atoms with E-state index in [2.05, 4.69) is 6.92 Å². The minimum Gasteiger partial charge on any atom is -0.294 e. The minimum absolute atomic E-state index is 0.0365. The molecule has 0 unspecified atom stereocenters. The lowest BCUT2D eigenvalue weighted by molar-refractivity contribution is -0.134. The first-order valence-corrected chi connectivity index (χ1v) is 8.55. The van der Waals surface area contributed by atoms with Crippen molar-refractivity contribution in [1.29, 1.82) is 0 Å². The lowest BCUT2D eigenvalue weighted by Crippen LogP contribution is -2.43. The highest BCUT2D eigenvalue weighted by molar-refractivity contribution is 7.90. The molecule has 1 N–H and O–H groups in total. The van der Waals surface area contributed by atoms with Crippen molar-refractivity contribution in [3.63, 3.8) is 0 Å². The van der Waals surface area contributed by atoms with Crippen LogP contribution in [0.4, 0.5) is 13.2 Å². The van der Waals surface area contributed by atoms with Crippen molar-refractivity contribution in [1.82, 2.24) is 9.62 Å². The molecule has 0 aromatic carbocycles. The van der Waals surface area contributed by atoms with Gasteiger partial charge in [0.15, 0.2) is 0 Å². The number of alkyl halides is 3. The summed E-state index contributed by atoms with van der Waals surface area (Å²) in [5.41, 5.74) is 0. The van der Waals surface area contributed by atoms with Gasteiger partial charge in [-0.15, -0.1) is 0 Å². The van der Waals surface area contributed by atoms with Gasteiger partial charge < -0.3 is 0 Å². The maximum absolute atomic E-state index is 11.9. The van der Waals surface area contributed by atoms with Crippen LogP contribution in [0.5, 0.6) is 0 Å². The zero-order valence-corrected chi connectivity index (χ0v) is 12.8. The molecule has 1 aliphatic rings. The highest BCUT2D eigenvalue weighted by Crippen LogP contribution is 2.21. The van der Waals surface area contributed by atoms with E-state index >= 15 is 0 Å². The summed E-state index contributed by atoms with van der Waals surface area (Å²) in [6, 6.07) is 0. The van der Waals surface area contributed by atoms with E-state index in [1.807, 2.05) is 9.62 Å². The molecule has 0 aliphatic carbocycles. The Morgan fingerprint density at radius 1 is 1.29 bits per heavy atom. The third-order valence-corrected chi connectivity index (χ3v) is 4.75. The molecule has 124 valence electrons. The van der Waals surface area contributed by atoms with Crippen LogP contribution < -0.4 is 4.72 Å². The van der Waals surface area contributed by atoms with Gasteiger partial charge in [-0.25, -0.2) is 8.42 Å². The molecule has 0 saturated carbocycles. The molecule has 0 spiro atoms. The van der Waals surface area contributed by atoms with Gasteiger partial charge in [-0.05, 0) is 38.3 Å². The van der Waals surface area contributed by atoms with Crippen LogP contribution in [0.15, 0.2) is 0 Å². The number of nitrogens with zero attached hydrogens (tertiary/aromatic N) is 1. The Morgan fingerprint density at radius 2 is 1.86 bits per heavy atom. The third kappa shape index (κ3) is 8.25. The largest absolute Gasteiger partial charge is 0.389 e. The molecule has 1 heterocycles. The number of amides is 1. The van der Waals surface area contributed by atoms with Crippen LogP contribution >= 0.6 is 0 Å². The molecule has 1 aliphatic heterocycles. The molecule has 0 radical (unpaired) electrons. The quantitative estimate of drug-likeness (QED) is 0.802. The first-order valence-electron chi connectivity index (χ1n) is 6.90. The molecule has 1 fully saturated rings. The number of likely N-dealkylation sites (tertiary alicyclic amines) is 1.